The highest BCUT2D eigenvalue weighted by molar-refractivity contribution is 6.31. The van der Waals surface area contributed by atoms with E-state index in [1.807, 2.05) is 6.92 Å². The quantitative estimate of drug-likeness (QED) is 0.776. The van der Waals surface area contributed by atoms with Crippen LogP contribution in [0.2, 0.25) is 5.02 Å². The molecule has 0 saturated carbocycles. The normalized spacial score (nSPS) is 15.1. The van der Waals surface area contributed by atoms with E-state index in [2.05, 4.69) is 5.10 Å². The molecular weight excluding hydrogens is 256 g/mol. The van der Waals surface area contributed by atoms with E-state index in [4.69, 9.17) is 21.1 Å². The first-order chi connectivity index (χ1) is 8.46. The summed E-state index contributed by atoms with van der Waals surface area (Å²) in [5.41, 5.74) is -0.551. The van der Waals surface area contributed by atoms with Crippen molar-refractivity contribution in [3.8, 4) is 0 Å². The Balaban J connectivity index is 2.99. The van der Waals surface area contributed by atoms with Gasteiger partial charge in [0.1, 0.15) is 5.60 Å². The van der Waals surface area contributed by atoms with Crippen molar-refractivity contribution >= 4 is 11.6 Å². The largest absolute Gasteiger partial charge is 0.384 e. The molecule has 0 saturated heterocycles. The third-order valence-electron chi connectivity index (χ3n) is 2.83. The molecule has 1 heterocycles. The molecule has 1 atom stereocenters. The van der Waals surface area contributed by atoms with Gasteiger partial charge in [0.25, 0.3) is 0 Å². The van der Waals surface area contributed by atoms with E-state index in [1.54, 1.807) is 17.8 Å². The average Bonchev–Trinajstić information content (AvgIpc) is 2.68. The van der Waals surface area contributed by atoms with E-state index in [0.29, 0.717) is 17.3 Å². The molecule has 0 radical (unpaired) electrons. The number of aliphatic hydroxyl groups is 1. The number of nitrogens with zero attached hydrogens (tertiary/aromatic N) is 2. The van der Waals surface area contributed by atoms with Crippen molar-refractivity contribution in [3.63, 3.8) is 0 Å². The minimum atomic E-state index is -1.15. The first-order valence-electron chi connectivity index (χ1n) is 5.96. The number of halogens is 1. The minimum absolute atomic E-state index is 0.287. The molecule has 1 aromatic heterocycles. The number of hydrogen-bond donors (Lipinski definition) is 1. The molecular formula is C12H21ClN2O3. The molecule has 18 heavy (non-hydrogen) atoms. The standard InChI is InChI=1S/C12H21ClN2O3/c1-5-6-15-11(9(13)8-14-15)12(2,16)7-10(17-3)18-4/h8,10,16H,5-7H2,1-4H3. The summed E-state index contributed by atoms with van der Waals surface area (Å²) in [6.45, 7) is 4.44. The zero-order chi connectivity index (χ0) is 13.8. The number of hydrogen-bond acceptors (Lipinski definition) is 4. The maximum atomic E-state index is 10.6. The van der Waals surface area contributed by atoms with Crippen molar-refractivity contribution in [3.05, 3.63) is 16.9 Å². The van der Waals surface area contributed by atoms with Gasteiger partial charge >= 0.3 is 0 Å². The lowest BCUT2D eigenvalue weighted by molar-refractivity contribution is -0.143. The molecule has 0 aliphatic carbocycles. The zero-order valence-electron chi connectivity index (χ0n) is 11.3. The molecule has 104 valence electrons. The summed E-state index contributed by atoms with van der Waals surface area (Å²) in [4.78, 5) is 0. The molecule has 0 fully saturated rings. The Morgan fingerprint density at radius 1 is 1.50 bits per heavy atom. The lowest BCUT2D eigenvalue weighted by Gasteiger charge is -2.28. The van der Waals surface area contributed by atoms with E-state index < -0.39 is 11.9 Å². The Morgan fingerprint density at radius 3 is 2.61 bits per heavy atom. The fraction of sp³-hybridized carbons (Fsp3) is 0.750. The van der Waals surface area contributed by atoms with E-state index in [-0.39, 0.29) is 6.42 Å². The van der Waals surface area contributed by atoms with Crippen molar-refractivity contribution in [1.29, 1.82) is 0 Å². The molecule has 0 spiro atoms. The predicted octanol–water partition coefficient (Wildman–Crippen LogP) is 2.16. The summed E-state index contributed by atoms with van der Waals surface area (Å²) in [5.74, 6) is 0. The lowest BCUT2D eigenvalue weighted by atomic mass is 9.97. The van der Waals surface area contributed by atoms with E-state index in [9.17, 15) is 5.11 Å². The van der Waals surface area contributed by atoms with Crippen LogP contribution in [0.25, 0.3) is 0 Å². The molecule has 0 aromatic carbocycles. The van der Waals surface area contributed by atoms with Crippen molar-refractivity contribution < 1.29 is 14.6 Å². The molecule has 0 amide bonds. The first kappa shape index (κ1) is 15.4. The monoisotopic (exact) mass is 276 g/mol. The highest BCUT2D eigenvalue weighted by Gasteiger charge is 2.33. The molecule has 0 aliphatic heterocycles. The molecule has 6 heteroatoms. The number of aryl methyl sites for hydroxylation is 1. The van der Waals surface area contributed by atoms with Gasteiger partial charge in [-0.05, 0) is 13.3 Å². The van der Waals surface area contributed by atoms with Gasteiger partial charge in [0, 0.05) is 27.2 Å². The topological polar surface area (TPSA) is 56.5 Å². The van der Waals surface area contributed by atoms with Crippen LogP contribution in [0.3, 0.4) is 0 Å². The Labute approximate surface area is 113 Å². The first-order valence-corrected chi connectivity index (χ1v) is 6.33. The van der Waals surface area contributed by atoms with Gasteiger partial charge in [-0.25, -0.2) is 0 Å². The fourth-order valence-corrected chi connectivity index (χ4v) is 2.31. The summed E-state index contributed by atoms with van der Waals surface area (Å²) < 4.78 is 12.0. The average molecular weight is 277 g/mol. The second-order valence-corrected chi connectivity index (χ2v) is 4.85. The van der Waals surface area contributed by atoms with Gasteiger partial charge in [-0.15, -0.1) is 0 Å². The van der Waals surface area contributed by atoms with Crippen molar-refractivity contribution in [2.45, 2.75) is 45.1 Å². The molecule has 1 rings (SSSR count). The van der Waals surface area contributed by atoms with Gasteiger partial charge in [-0.2, -0.15) is 5.10 Å². The van der Waals surface area contributed by atoms with Gasteiger partial charge < -0.3 is 14.6 Å². The summed E-state index contributed by atoms with van der Waals surface area (Å²) in [5, 5.41) is 15.2. The van der Waals surface area contributed by atoms with Crippen molar-refractivity contribution in [2.24, 2.45) is 0 Å². The molecule has 5 nitrogen and oxygen atoms in total. The summed E-state index contributed by atoms with van der Waals surface area (Å²) in [7, 11) is 3.07. The van der Waals surface area contributed by atoms with Crippen molar-refractivity contribution in [2.75, 3.05) is 14.2 Å². The van der Waals surface area contributed by atoms with E-state index in [1.165, 1.54) is 14.2 Å². The predicted molar refractivity (Wildman–Crippen MR) is 69.5 cm³/mol. The van der Waals surface area contributed by atoms with Crippen LogP contribution < -0.4 is 0 Å². The molecule has 1 N–H and O–H groups in total. The van der Waals surface area contributed by atoms with Crippen LogP contribution in [-0.2, 0) is 21.6 Å². The number of ether oxygens (including phenoxy) is 2. The van der Waals surface area contributed by atoms with Gasteiger partial charge in [0.15, 0.2) is 6.29 Å². The third kappa shape index (κ3) is 3.45. The van der Waals surface area contributed by atoms with E-state index in [0.717, 1.165) is 6.42 Å². The van der Waals surface area contributed by atoms with Crippen LogP contribution in [0.15, 0.2) is 6.20 Å². The van der Waals surface area contributed by atoms with E-state index >= 15 is 0 Å². The van der Waals surface area contributed by atoms with Crippen LogP contribution in [0.5, 0.6) is 0 Å². The van der Waals surface area contributed by atoms with Crippen LogP contribution >= 0.6 is 11.6 Å². The number of aromatic nitrogens is 2. The van der Waals surface area contributed by atoms with Crippen LogP contribution in [-0.4, -0.2) is 35.4 Å². The number of methoxy groups -OCH3 is 2. The van der Waals surface area contributed by atoms with Crippen LogP contribution in [0.4, 0.5) is 0 Å². The molecule has 0 aliphatic rings. The van der Waals surface area contributed by atoms with Crippen molar-refractivity contribution in [1.82, 2.24) is 9.78 Å². The fourth-order valence-electron chi connectivity index (χ4n) is 1.96. The minimum Gasteiger partial charge on any atom is -0.384 e. The van der Waals surface area contributed by atoms with Gasteiger partial charge in [-0.3, -0.25) is 4.68 Å². The lowest BCUT2D eigenvalue weighted by Crippen LogP contribution is -2.32. The number of rotatable bonds is 7. The Morgan fingerprint density at radius 2 is 2.11 bits per heavy atom. The second kappa shape index (κ2) is 6.52. The maximum absolute atomic E-state index is 10.6. The molecule has 1 aromatic rings. The highest BCUT2D eigenvalue weighted by atomic mass is 35.5. The zero-order valence-corrected chi connectivity index (χ0v) is 12.1. The Hall–Kier alpha value is -0.620. The summed E-state index contributed by atoms with van der Waals surface area (Å²) >= 11 is 6.11. The Kier molecular flexibility index (Phi) is 5.59. The van der Waals surface area contributed by atoms with Crippen LogP contribution in [0, 0.1) is 0 Å². The Bertz CT molecular complexity index is 375. The smallest absolute Gasteiger partial charge is 0.159 e. The van der Waals surface area contributed by atoms with Gasteiger partial charge in [0.05, 0.1) is 16.9 Å². The molecule has 0 bridgehead atoms. The summed E-state index contributed by atoms with van der Waals surface area (Å²) in [6, 6.07) is 0. The second-order valence-electron chi connectivity index (χ2n) is 4.44. The third-order valence-corrected chi connectivity index (χ3v) is 3.11. The van der Waals surface area contributed by atoms with Gasteiger partial charge in [-0.1, -0.05) is 18.5 Å². The highest BCUT2D eigenvalue weighted by Crippen LogP contribution is 2.32. The van der Waals surface area contributed by atoms with Crippen LogP contribution in [0.1, 0.15) is 32.4 Å². The SMILES string of the molecule is CCCn1ncc(Cl)c1C(C)(O)CC(OC)OC. The molecule has 1 unspecified atom stereocenters. The van der Waals surface area contributed by atoms with Gasteiger partial charge in [0.2, 0.25) is 0 Å². The summed E-state index contributed by atoms with van der Waals surface area (Å²) in [6.07, 6.45) is 2.27. The maximum Gasteiger partial charge on any atom is 0.159 e.